The lowest BCUT2D eigenvalue weighted by atomic mass is 10.1. The van der Waals surface area contributed by atoms with Gasteiger partial charge in [0.1, 0.15) is 18.1 Å². The molecule has 7 heteroatoms. The highest BCUT2D eigenvalue weighted by molar-refractivity contribution is 5.75. The lowest BCUT2D eigenvalue weighted by Crippen LogP contribution is -2.09. The molecule has 0 aliphatic carbocycles. The van der Waals surface area contributed by atoms with E-state index in [0.717, 1.165) is 17.7 Å². The number of ether oxygens (including phenoxy) is 1. The van der Waals surface area contributed by atoms with Crippen LogP contribution in [0, 0.1) is 0 Å². The molecule has 0 fully saturated rings. The van der Waals surface area contributed by atoms with Crippen LogP contribution in [0.4, 0.5) is 17.6 Å². The molecule has 7 nitrogen and oxygen atoms in total. The Morgan fingerprint density at radius 2 is 1.78 bits per heavy atom. The van der Waals surface area contributed by atoms with E-state index >= 15 is 0 Å². The number of para-hydroxylation sites is 1. The molecule has 0 unspecified atom stereocenters. The molecule has 0 saturated heterocycles. The summed E-state index contributed by atoms with van der Waals surface area (Å²) >= 11 is 0. The highest BCUT2D eigenvalue weighted by atomic mass is 16.5. The number of benzene rings is 2. The Morgan fingerprint density at radius 3 is 2.48 bits per heavy atom. The Kier molecular flexibility index (Phi) is 5.94. The van der Waals surface area contributed by atoms with Gasteiger partial charge in [-0.1, -0.05) is 30.3 Å². The molecule has 0 saturated carbocycles. The SMILES string of the molecule is CC(=O)CCc1ccc(OCc2nc(N)nc(Nc3ccccc3)n2)cc1. The second-order valence-corrected chi connectivity index (χ2v) is 6.06. The van der Waals surface area contributed by atoms with Crippen LogP contribution < -0.4 is 15.8 Å². The predicted octanol–water partition coefficient (Wildman–Crippen LogP) is 3.30. The first kappa shape index (κ1) is 18.3. The summed E-state index contributed by atoms with van der Waals surface area (Å²) in [6, 6.07) is 17.2. The van der Waals surface area contributed by atoms with Crippen LogP contribution in [0.5, 0.6) is 5.75 Å². The van der Waals surface area contributed by atoms with Gasteiger partial charge in [-0.05, 0) is 43.2 Å². The number of carbonyl (C=O) groups is 1. The lowest BCUT2D eigenvalue weighted by Gasteiger charge is -2.09. The van der Waals surface area contributed by atoms with Crippen molar-refractivity contribution >= 4 is 23.4 Å². The maximum Gasteiger partial charge on any atom is 0.232 e. The largest absolute Gasteiger partial charge is 0.486 e. The van der Waals surface area contributed by atoms with Gasteiger partial charge in [-0.2, -0.15) is 15.0 Å². The van der Waals surface area contributed by atoms with Crippen LogP contribution in [0.1, 0.15) is 24.7 Å². The number of aryl methyl sites for hydroxylation is 1. The maximum absolute atomic E-state index is 11.1. The minimum Gasteiger partial charge on any atom is -0.486 e. The molecule has 3 N–H and O–H groups in total. The van der Waals surface area contributed by atoms with E-state index in [4.69, 9.17) is 10.5 Å². The number of nitrogen functional groups attached to an aromatic ring is 1. The summed E-state index contributed by atoms with van der Waals surface area (Å²) < 4.78 is 5.73. The average Bonchev–Trinajstić information content (AvgIpc) is 2.66. The summed E-state index contributed by atoms with van der Waals surface area (Å²) in [6.45, 7) is 1.77. The van der Waals surface area contributed by atoms with E-state index in [1.807, 2.05) is 54.6 Å². The summed E-state index contributed by atoms with van der Waals surface area (Å²) in [5, 5.41) is 3.09. The van der Waals surface area contributed by atoms with Gasteiger partial charge in [-0.3, -0.25) is 0 Å². The van der Waals surface area contributed by atoms with Gasteiger partial charge in [0, 0.05) is 12.1 Å². The Hall–Kier alpha value is -3.48. The van der Waals surface area contributed by atoms with E-state index < -0.39 is 0 Å². The number of hydrogen-bond donors (Lipinski definition) is 2. The zero-order valence-corrected chi connectivity index (χ0v) is 15.1. The van der Waals surface area contributed by atoms with E-state index in [1.165, 1.54) is 0 Å². The summed E-state index contributed by atoms with van der Waals surface area (Å²) in [4.78, 5) is 23.6. The summed E-state index contributed by atoms with van der Waals surface area (Å²) in [6.07, 6.45) is 1.27. The second kappa shape index (κ2) is 8.75. The van der Waals surface area contributed by atoms with Gasteiger partial charge in [-0.25, -0.2) is 0 Å². The van der Waals surface area contributed by atoms with Crippen molar-refractivity contribution in [3.05, 3.63) is 66.0 Å². The van der Waals surface area contributed by atoms with Crippen molar-refractivity contribution in [3.63, 3.8) is 0 Å². The van der Waals surface area contributed by atoms with E-state index in [-0.39, 0.29) is 18.3 Å². The molecule has 138 valence electrons. The Morgan fingerprint density at radius 1 is 1.04 bits per heavy atom. The summed E-state index contributed by atoms with van der Waals surface area (Å²) in [7, 11) is 0. The number of nitrogens with two attached hydrogens (primary N) is 1. The maximum atomic E-state index is 11.1. The molecule has 1 aromatic heterocycles. The molecule has 3 rings (SSSR count). The highest BCUT2D eigenvalue weighted by Gasteiger charge is 2.06. The molecule has 0 spiro atoms. The third-order valence-electron chi connectivity index (χ3n) is 3.79. The molecule has 1 heterocycles. The molecule has 0 amide bonds. The number of Topliss-reactive ketones (excluding diaryl/α,β-unsaturated/α-hetero) is 1. The third kappa shape index (κ3) is 5.78. The van der Waals surface area contributed by atoms with Crippen LogP contribution in [0.25, 0.3) is 0 Å². The molecular weight excluding hydrogens is 342 g/mol. The van der Waals surface area contributed by atoms with Crippen molar-refractivity contribution in [2.45, 2.75) is 26.4 Å². The van der Waals surface area contributed by atoms with Gasteiger partial charge in [-0.15, -0.1) is 0 Å². The quantitative estimate of drug-likeness (QED) is 0.633. The minimum atomic E-state index is 0.126. The molecule has 0 aliphatic heterocycles. The van der Waals surface area contributed by atoms with Gasteiger partial charge < -0.3 is 20.6 Å². The van der Waals surface area contributed by atoms with Gasteiger partial charge in [0.05, 0.1) is 0 Å². The number of anilines is 3. The lowest BCUT2D eigenvalue weighted by molar-refractivity contribution is -0.116. The standard InChI is InChI=1S/C20H21N5O2/c1-14(26)7-8-15-9-11-17(12-10-15)27-13-18-23-19(21)25-20(24-18)22-16-5-3-2-4-6-16/h2-6,9-12H,7-8,13H2,1H3,(H3,21,22,23,24,25). The van der Waals surface area contributed by atoms with E-state index in [2.05, 4.69) is 20.3 Å². The minimum absolute atomic E-state index is 0.126. The Labute approximate surface area is 157 Å². The Balaban J connectivity index is 1.61. The number of hydrogen-bond acceptors (Lipinski definition) is 7. The fourth-order valence-electron chi connectivity index (χ4n) is 2.43. The van der Waals surface area contributed by atoms with Crippen molar-refractivity contribution in [2.75, 3.05) is 11.1 Å². The van der Waals surface area contributed by atoms with Gasteiger partial charge in [0.15, 0.2) is 5.82 Å². The van der Waals surface area contributed by atoms with Crippen LogP contribution in [0.15, 0.2) is 54.6 Å². The monoisotopic (exact) mass is 363 g/mol. The summed E-state index contributed by atoms with van der Waals surface area (Å²) in [5.74, 6) is 1.80. The first-order valence-corrected chi connectivity index (χ1v) is 8.62. The second-order valence-electron chi connectivity index (χ2n) is 6.06. The van der Waals surface area contributed by atoms with Crippen molar-refractivity contribution in [3.8, 4) is 5.75 Å². The van der Waals surface area contributed by atoms with Crippen LogP contribution in [0.3, 0.4) is 0 Å². The van der Waals surface area contributed by atoms with Crippen LogP contribution >= 0.6 is 0 Å². The average molecular weight is 363 g/mol. The fourth-order valence-corrected chi connectivity index (χ4v) is 2.43. The number of nitrogens with one attached hydrogen (secondary N) is 1. The van der Waals surface area contributed by atoms with Crippen molar-refractivity contribution in [1.29, 1.82) is 0 Å². The van der Waals surface area contributed by atoms with E-state index in [9.17, 15) is 4.79 Å². The molecule has 0 aliphatic rings. The van der Waals surface area contributed by atoms with E-state index in [0.29, 0.717) is 23.9 Å². The van der Waals surface area contributed by atoms with Crippen molar-refractivity contribution in [2.24, 2.45) is 0 Å². The zero-order valence-electron chi connectivity index (χ0n) is 15.1. The highest BCUT2D eigenvalue weighted by Crippen LogP contribution is 2.16. The Bertz CT molecular complexity index is 898. The first-order valence-electron chi connectivity index (χ1n) is 8.62. The van der Waals surface area contributed by atoms with E-state index in [1.54, 1.807) is 6.92 Å². The van der Waals surface area contributed by atoms with Crippen molar-refractivity contribution in [1.82, 2.24) is 15.0 Å². The molecule has 3 aromatic rings. The number of carbonyl (C=O) groups excluding carboxylic acids is 1. The number of nitrogens with zero attached hydrogens (tertiary/aromatic N) is 3. The molecular formula is C20H21N5O2. The molecule has 0 atom stereocenters. The summed E-state index contributed by atoms with van der Waals surface area (Å²) in [5.41, 5.74) is 7.73. The normalized spacial score (nSPS) is 10.4. The van der Waals surface area contributed by atoms with Crippen LogP contribution in [0.2, 0.25) is 0 Å². The molecule has 0 bridgehead atoms. The number of rotatable bonds is 8. The van der Waals surface area contributed by atoms with Crippen LogP contribution in [-0.2, 0) is 17.8 Å². The first-order chi connectivity index (χ1) is 13.1. The van der Waals surface area contributed by atoms with Crippen LogP contribution in [-0.4, -0.2) is 20.7 Å². The van der Waals surface area contributed by atoms with Gasteiger partial charge in [0.25, 0.3) is 0 Å². The number of ketones is 1. The third-order valence-corrected chi connectivity index (χ3v) is 3.79. The smallest absolute Gasteiger partial charge is 0.232 e. The molecule has 27 heavy (non-hydrogen) atoms. The van der Waals surface area contributed by atoms with Crippen molar-refractivity contribution < 1.29 is 9.53 Å². The fraction of sp³-hybridized carbons (Fsp3) is 0.200. The number of aromatic nitrogens is 3. The predicted molar refractivity (Wildman–Crippen MR) is 104 cm³/mol. The van der Waals surface area contributed by atoms with Gasteiger partial charge in [0.2, 0.25) is 11.9 Å². The zero-order chi connectivity index (χ0) is 19.1. The molecule has 0 radical (unpaired) electrons. The molecule has 2 aromatic carbocycles. The topological polar surface area (TPSA) is 103 Å². The van der Waals surface area contributed by atoms with Gasteiger partial charge >= 0.3 is 0 Å².